The first kappa shape index (κ1) is 25.5. The molecule has 4 aromatic heterocycles. The van der Waals surface area contributed by atoms with Crippen molar-refractivity contribution in [1.29, 1.82) is 0 Å². The van der Waals surface area contributed by atoms with Crippen LogP contribution in [0.4, 0.5) is 0 Å². The van der Waals surface area contributed by atoms with E-state index in [0.29, 0.717) is 0 Å². The van der Waals surface area contributed by atoms with Crippen molar-refractivity contribution < 1.29 is 0 Å². The van der Waals surface area contributed by atoms with Gasteiger partial charge in [-0.25, -0.2) is 0 Å². The Morgan fingerprint density at radius 2 is 0.543 bits per heavy atom. The van der Waals surface area contributed by atoms with Gasteiger partial charge in [0.1, 0.15) is 0 Å². The van der Waals surface area contributed by atoms with Crippen molar-refractivity contribution in [3.63, 3.8) is 0 Å². The molecule has 4 heterocycles. The van der Waals surface area contributed by atoms with E-state index in [2.05, 4.69) is 124 Å². The predicted octanol–water partition coefficient (Wildman–Crippen LogP) is 5.26. The van der Waals surface area contributed by atoms with Gasteiger partial charge in [-0.3, -0.25) is 19.9 Å². The summed E-state index contributed by atoms with van der Waals surface area (Å²) < 4.78 is 0. The molecule has 0 aromatic carbocycles. The lowest BCUT2D eigenvalue weighted by atomic mass is 10.3. The molecule has 0 atom stereocenters. The molecular formula is C29H34N4P2. The minimum absolute atomic E-state index is 0.633. The van der Waals surface area contributed by atoms with E-state index >= 15 is 0 Å². The van der Waals surface area contributed by atoms with E-state index < -0.39 is 15.8 Å². The highest BCUT2D eigenvalue weighted by Gasteiger charge is 2.25. The lowest BCUT2D eigenvalue weighted by Crippen LogP contribution is -2.22. The van der Waals surface area contributed by atoms with Gasteiger partial charge in [-0.15, -0.1) is 0 Å². The Kier molecular flexibility index (Phi) is 7.74. The minimum Gasteiger partial charge on any atom is -0.258 e. The number of aryl methyl sites for hydroxylation is 8. The molecule has 4 rings (SSSR count). The lowest BCUT2D eigenvalue weighted by molar-refractivity contribution is 1.13. The molecule has 4 nitrogen and oxygen atoms in total. The van der Waals surface area contributed by atoms with Crippen molar-refractivity contribution >= 4 is 37.1 Å². The molecule has 0 aliphatic heterocycles. The molecule has 0 radical (unpaired) electrons. The van der Waals surface area contributed by atoms with E-state index in [4.69, 9.17) is 0 Å². The third-order valence-electron chi connectivity index (χ3n) is 5.79. The van der Waals surface area contributed by atoms with Crippen molar-refractivity contribution in [2.75, 3.05) is 5.90 Å². The molecule has 0 unspecified atom stereocenters. The summed E-state index contributed by atoms with van der Waals surface area (Å²) in [6.45, 7) is 16.8. The number of pyridine rings is 4. The summed E-state index contributed by atoms with van der Waals surface area (Å²) in [5.74, 6) is 1.06. The van der Waals surface area contributed by atoms with E-state index in [-0.39, 0.29) is 0 Å². The van der Waals surface area contributed by atoms with Crippen LogP contribution in [-0.2, 0) is 0 Å². The highest BCUT2D eigenvalue weighted by Crippen LogP contribution is 2.49. The van der Waals surface area contributed by atoms with Crippen LogP contribution in [0.5, 0.6) is 0 Å². The monoisotopic (exact) mass is 500 g/mol. The summed E-state index contributed by atoms with van der Waals surface area (Å²) >= 11 is 0. The Labute approximate surface area is 212 Å². The van der Waals surface area contributed by atoms with Crippen LogP contribution in [0.15, 0.2) is 48.5 Å². The van der Waals surface area contributed by atoms with Gasteiger partial charge in [0.15, 0.2) is 0 Å². The molecule has 0 saturated carbocycles. The highest BCUT2D eigenvalue weighted by molar-refractivity contribution is 7.88. The van der Waals surface area contributed by atoms with Crippen molar-refractivity contribution in [3.05, 3.63) is 94.1 Å². The van der Waals surface area contributed by atoms with Crippen molar-refractivity contribution in [2.45, 2.75) is 55.4 Å². The summed E-state index contributed by atoms with van der Waals surface area (Å²) in [6, 6.07) is 18.2. The van der Waals surface area contributed by atoms with Crippen molar-refractivity contribution in [1.82, 2.24) is 19.9 Å². The first-order chi connectivity index (χ1) is 16.6. The Balaban J connectivity index is 1.92. The molecule has 180 valence electrons. The predicted molar refractivity (Wildman–Crippen MR) is 152 cm³/mol. The van der Waals surface area contributed by atoms with Crippen LogP contribution in [-0.4, -0.2) is 25.8 Å². The average Bonchev–Trinajstić information content (AvgIpc) is 2.71. The molecular weight excluding hydrogens is 466 g/mol. The van der Waals surface area contributed by atoms with E-state index in [0.717, 1.165) is 51.5 Å². The number of aromatic nitrogens is 4. The first-order valence-corrected chi connectivity index (χ1v) is 15.0. The molecule has 0 amide bonds. The minimum atomic E-state index is -0.633. The summed E-state index contributed by atoms with van der Waals surface area (Å²) in [6.07, 6.45) is 0. The summed E-state index contributed by atoms with van der Waals surface area (Å²) in [4.78, 5) is 18.7. The molecule has 0 saturated heterocycles. The fraction of sp³-hybridized carbons (Fsp3) is 0.310. The third-order valence-corrected chi connectivity index (χ3v) is 11.6. The second-order valence-electron chi connectivity index (χ2n) is 9.43. The smallest absolute Gasteiger partial charge is 0.0382 e. The standard InChI is InChI=1S/C29H34N4P2/c1-18-9-26(10-19(2)30-18)34(27-11-20(3)31-21(4)12-27)17-35(28-13-22(5)32-23(6)14-28)29-15-24(7)33-25(8)16-29/h9-16H,17H2,1-8H3. The van der Waals surface area contributed by atoms with Crippen molar-refractivity contribution in [3.8, 4) is 0 Å². The molecule has 0 spiro atoms. The zero-order valence-electron chi connectivity index (χ0n) is 22.0. The van der Waals surface area contributed by atoms with Crippen LogP contribution in [0.25, 0.3) is 0 Å². The van der Waals surface area contributed by atoms with E-state index in [1.807, 2.05) is 0 Å². The second kappa shape index (κ2) is 10.6. The average molecular weight is 501 g/mol. The maximum absolute atomic E-state index is 4.67. The van der Waals surface area contributed by atoms with Gasteiger partial charge in [0.25, 0.3) is 0 Å². The van der Waals surface area contributed by atoms with E-state index in [9.17, 15) is 0 Å². The van der Waals surface area contributed by atoms with Gasteiger partial charge in [0, 0.05) is 51.5 Å². The zero-order valence-corrected chi connectivity index (χ0v) is 23.8. The van der Waals surface area contributed by atoms with Crippen LogP contribution in [0.2, 0.25) is 0 Å². The number of hydrogen-bond donors (Lipinski definition) is 0. The quantitative estimate of drug-likeness (QED) is 0.339. The number of nitrogens with zero attached hydrogens (tertiary/aromatic N) is 4. The number of hydrogen-bond acceptors (Lipinski definition) is 4. The molecule has 4 aromatic rings. The van der Waals surface area contributed by atoms with Crippen LogP contribution in [0.3, 0.4) is 0 Å². The van der Waals surface area contributed by atoms with Gasteiger partial charge >= 0.3 is 0 Å². The maximum Gasteiger partial charge on any atom is 0.0382 e. The van der Waals surface area contributed by atoms with Gasteiger partial charge in [-0.05, 0) is 141 Å². The molecule has 0 aliphatic carbocycles. The molecule has 0 aliphatic rings. The van der Waals surface area contributed by atoms with Crippen LogP contribution < -0.4 is 21.2 Å². The van der Waals surface area contributed by atoms with E-state index in [1.54, 1.807) is 0 Å². The lowest BCUT2D eigenvalue weighted by Gasteiger charge is -2.27. The first-order valence-electron chi connectivity index (χ1n) is 11.9. The Morgan fingerprint density at radius 3 is 0.714 bits per heavy atom. The van der Waals surface area contributed by atoms with Crippen molar-refractivity contribution in [2.24, 2.45) is 0 Å². The zero-order chi connectivity index (χ0) is 25.3. The van der Waals surface area contributed by atoms with Gasteiger partial charge in [-0.1, -0.05) is 0 Å². The maximum atomic E-state index is 4.67. The van der Waals surface area contributed by atoms with E-state index in [1.165, 1.54) is 21.2 Å². The Morgan fingerprint density at radius 1 is 0.371 bits per heavy atom. The van der Waals surface area contributed by atoms with Gasteiger partial charge < -0.3 is 0 Å². The largest absolute Gasteiger partial charge is 0.258 e. The third kappa shape index (κ3) is 6.37. The highest BCUT2D eigenvalue weighted by atomic mass is 31.2. The fourth-order valence-electron chi connectivity index (χ4n) is 4.64. The molecule has 6 heteroatoms. The van der Waals surface area contributed by atoms with Gasteiger partial charge in [0.05, 0.1) is 0 Å². The van der Waals surface area contributed by atoms with Crippen LogP contribution in [0.1, 0.15) is 45.6 Å². The molecule has 35 heavy (non-hydrogen) atoms. The summed E-state index contributed by atoms with van der Waals surface area (Å²) in [5, 5.41) is 5.53. The Hall–Kier alpha value is -2.54. The summed E-state index contributed by atoms with van der Waals surface area (Å²) in [5.41, 5.74) is 8.60. The topological polar surface area (TPSA) is 51.6 Å². The SMILES string of the molecule is Cc1cc(P(CP(c2cc(C)nc(C)c2)c2cc(C)nc(C)c2)c2cc(C)nc(C)c2)cc(C)n1. The summed E-state index contributed by atoms with van der Waals surface area (Å²) in [7, 11) is -1.27. The second-order valence-corrected chi connectivity index (χ2v) is 14.3. The number of rotatable bonds is 6. The fourth-order valence-corrected chi connectivity index (χ4v) is 11.7. The van der Waals surface area contributed by atoms with Gasteiger partial charge in [-0.2, -0.15) is 0 Å². The van der Waals surface area contributed by atoms with Crippen LogP contribution >= 0.6 is 15.8 Å². The molecule has 0 bridgehead atoms. The molecule has 0 fully saturated rings. The molecule has 0 N–H and O–H groups in total. The Bertz CT molecular complexity index is 1090. The van der Waals surface area contributed by atoms with Crippen LogP contribution in [0, 0.1) is 55.4 Å². The van der Waals surface area contributed by atoms with Gasteiger partial charge in [0.2, 0.25) is 0 Å². The normalized spacial score (nSPS) is 11.5.